The van der Waals surface area contributed by atoms with Gasteiger partial charge in [0.15, 0.2) is 5.41 Å². The Kier molecular flexibility index (Phi) is 9.17. The van der Waals surface area contributed by atoms with E-state index >= 15 is 0 Å². The highest BCUT2D eigenvalue weighted by atomic mass is 16.6. The summed E-state index contributed by atoms with van der Waals surface area (Å²) in [4.78, 5) is 25.2. The molecule has 0 atom stereocenters. The third kappa shape index (κ3) is 5.62. The zero-order valence-corrected chi connectivity index (χ0v) is 14.3. The van der Waals surface area contributed by atoms with Crippen LogP contribution in [0.15, 0.2) is 0 Å². The Labute approximate surface area is 134 Å². The van der Waals surface area contributed by atoms with E-state index in [0.717, 1.165) is 51.4 Å². The average molecular weight is 312 g/mol. The summed E-state index contributed by atoms with van der Waals surface area (Å²) in [6.07, 6.45) is 9.90. The van der Waals surface area contributed by atoms with E-state index in [1.54, 1.807) is 0 Å². The second-order valence-electron chi connectivity index (χ2n) is 6.33. The van der Waals surface area contributed by atoms with Gasteiger partial charge in [-0.2, -0.15) is 0 Å². The predicted octanol–water partition coefficient (Wildman–Crippen LogP) is 4.40. The average Bonchev–Trinajstić information content (AvgIpc) is 2.47. The van der Waals surface area contributed by atoms with Crippen LogP contribution in [0.5, 0.6) is 0 Å². The largest absolute Gasteiger partial charge is 0.465 e. The van der Waals surface area contributed by atoms with Crippen LogP contribution in [-0.4, -0.2) is 25.2 Å². The molecule has 1 aliphatic rings. The summed E-state index contributed by atoms with van der Waals surface area (Å²) in [6.45, 7) is 4.91. The molecule has 22 heavy (non-hydrogen) atoms. The quantitative estimate of drug-likeness (QED) is 0.378. The van der Waals surface area contributed by atoms with Crippen molar-refractivity contribution < 1.29 is 19.1 Å². The molecule has 0 aromatic carbocycles. The molecule has 1 fully saturated rings. The van der Waals surface area contributed by atoms with Gasteiger partial charge in [0.2, 0.25) is 0 Å². The normalized spacial score (nSPS) is 18.1. The summed E-state index contributed by atoms with van der Waals surface area (Å²) in [5.74, 6) is -0.714. The van der Waals surface area contributed by atoms with E-state index in [2.05, 4.69) is 13.8 Å². The van der Waals surface area contributed by atoms with Crippen molar-refractivity contribution in [3.8, 4) is 0 Å². The first kappa shape index (κ1) is 19.0. The molecule has 0 spiro atoms. The van der Waals surface area contributed by atoms with Crippen LogP contribution in [0.1, 0.15) is 84.5 Å². The van der Waals surface area contributed by atoms with Crippen molar-refractivity contribution >= 4 is 11.9 Å². The number of hydrogen-bond acceptors (Lipinski definition) is 4. The number of hydrogen-bond donors (Lipinski definition) is 0. The third-order valence-electron chi connectivity index (χ3n) is 4.45. The summed E-state index contributed by atoms with van der Waals surface area (Å²) in [5, 5.41) is 0. The number of carbonyl (C=O) groups excluding carboxylic acids is 2. The summed E-state index contributed by atoms with van der Waals surface area (Å²) in [6, 6.07) is 0. The number of unbranched alkanes of at least 4 members (excludes halogenated alkanes) is 2. The molecule has 1 saturated carbocycles. The highest BCUT2D eigenvalue weighted by Gasteiger charge is 2.48. The van der Waals surface area contributed by atoms with Crippen molar-refractivity contribution in [2.75, 3.05) is 13.2 Å². The lowest BCUT2D eigenvalue weighted by molar-refractivity contribution is -0.174. The van der Waals surface area contributed by atoms with E-state index in [0.29, 0.717) is 26.1 Å². The molecule has 0 aromatic rings. The molecular weight excluding hydrogens is 280 g/mol. The van der Waals surface area contributed by atoms with Crippen molar-refractivity contribution in [2.45, 2.75) is 84.5 Å². The number of carbonyl (C=O) groups is 2. The third-order valence-corrected chi connectivity index (χ3v) is 4.45. The first-order chi connectivity index (χ1) is 10.7. The van der Waals surface area contributed by atoms with Gasteiger partial charge in [0, 0.05) is 0 Å². The molecular formula is C18H32O4. The van der Waals surface area contributed by atoms with E-state index in [1.807, 2.05) is 0 Å². The van der Waals surface area contributed by atoms with Gasteiger partial charge in [-0.15, -0.1) is 0 Å². The second kappa shape index (κ2) is 10.6. The monoisotopic (exact) mass is 312 g/mol. The van der Waals surface area contributed by atoms with Gasteiger partial charge < -0.3 is 9.47 Å². The number of ether oxygens (including phenoxy) is 2. The van der Waals surface area contributed by atoms with E-state index < -0.39 is 5.41 Å². The maximum Gasteiger partial charge on any atom is 0.323 e. The first-order valence-electron chi connectivity index (χ1n) is 9.02. The van der Waals surface area contributed by atoms with Crippen molar-refractivity contribution in [2.24, 2.45) is 5.41 Å². The Morgan fingerprint density at radius 1 is 0.773 bits per heavy atom. The molecule has 128 valence electrons. The molecule has 0 aromatic heterocycles. The van der Waals surface area contributed by atoms with Gasteiger partial charge in [-0.25, -0.2) is 0 Å². The number of rotatable bonds is 8. The fraction of sp³-hybridized carbons (Fsp3) is 0.889. The Morgan fingerprint density at radius 2 is 1.18 bits per heavy atom. The molecule has 0 heterocycles. The van der Waals surface area contributed by atoms with Gasteiger partial charge in [0.05, 0.1) is 13.2 Å². The SMILES string of the molecule is CCCCOC(=O)C1(C(=O)OCCCC)CCCCCCC1. The molecule has 1 aliphatic carbocycles. The van der Waals surface area contributed by atoms with Gasteiger partial charge >= 0.3 is 11.9 Å². The Balaban J connectivity index is 2.76. The topological polar surface area (TPSA) is 52.6 Å². The fourth-order valence-electron chi connectivity index (χ4n) is 2.90. The standard InChI is InChI=1S/C18H32O4/c1-3-5-14-21-16(19)18(17(20)22-15-6-4-2)12-10-8-7-9-11-13-18/h3-15H2,1-2H3. The molecule has 0 unspecified atom stereocenters. The lowest BCUT2D eigenvalue weighted by Crippen LogP contribution is -2.42. The minimum absolute atomic E-state index is 0.357. The Hall–Kier alpha value is -1.06. The van der Waals surface area contributed by atoms with Crippen LogP contribution in [0.25, 0.3) is 0 Å². The zero-order valence-electron chi connectivity index (χ0n) is 14.3. The molecule has 0 radical (unpaired) electrons. The molecule has 0 saturated heterocycles. The van der Waals surface area contributed by atoms with Crippen LogP contribution >= 0.6 is 0 Å². The van der Waals surface area contributed by atoms with E-state index in [1.165, 1.54) is 6.42 Å². The molecule has 0 N–H and O–H groups in total. The van der Waals surface area contributed by atoms with Gasteiger partial charge in [0.25, 0.3) is 0 Å². The van der Waals surface area contributed by atoms with Crippen LogP contribution in [-0.2, 0) is 19.1 Å². The van der Waals surface area contributed by atoms with Crippen molar-refractivity contribution in [1.82, 2.24) is 0 Å². The molecule has 0 aliphatic heterocycles. The van der Waals surface area contributed by atoms with Crippen LogP contribution < -0.4 is 0 Å². The van der Waals surface area contributed by atoms with Crippen LogP contribution in [0.2, 0.25) is 0 Å². The van der Waals surface area contributed by atoms with Crippen LogP contribution in [0.3, 0.4) is 0 Å². The number of esters is 2. The lowest BCUT2D eigenvalue weighted by atomic mass is 9.76. The first-order valence-corrected chi connectivity index (χ1v) is 9.02. The van der Waals surface area contributed by atoms with E-state index in [-0.39, 0.29) is 11.9 Å². The van der Waals surface area contributed by atoms with Crippen molar-refractivity contribution in [3.05, 3.63) is 0 Å². The summed E-state index contributed by atoms with van der Waals surface area (Å²) >= 11 is 0. The predicted molar refractivity (Wildman–Crippen MR) is 86.5 cm³/mol. The highest BCUT2D eigenvalue weighted by Crippen LogP contribution is 2.37. The van der Waals surface area contributed by atoms with Gasteiger partial charge in [-0.1, -0.05) is 58.8 Å². The molecule has 0 amide bonds. The maximum atomic E-state index is 12.6. The lowest BCUT2D eigenvalue weighted by Gasteiger charge is -2.31. The smallest absolute Gasteiger partial charge is 0.323 e. The second-order valence-corrected chi connectivity index (χ2v) is 6.33. The minimum atomic E-state index is -1.05. The van der Waals surface area contributed by atoms with Crippen LogP contribution in [0.4, 0.5) is 0 Å². The molecule has 0 bridgehead atoms. The highest BCUT2D eigenvalue weighted by molar-refractivity contribution is 6.00. The van der Waals surface area contributed by atoms with Gasteiger partial charge in [-0.05, 0) is 25.7 Å². The summed E-state index contributed by atoms with van der Waals surface area (Å²) in [5.41, 5.74) is -1.05. The molecule has 1 rings (SSSR count). The summed E-state index contributed by atoms with van der Waals surface area (Å²) < 4.78 is 10.8. The summed E-state index contributed by atoms with van der Waals surface area (Å²) in [7, 11) is 0. The van der Waals surface area contributed by atoms with Gasteiger partial charge in [-0.3, -0.25) is 9.59 Å². The van der Waals surface area contributed by atoms with Crippen molar-refractivity contribution in [3.63, 3.8) is 0 Å². The minimum Gasteiger partial charge on any atom is -0.465 e. The Morgan fingerprint density at radius 3 is 1.59 bits per heavy atom. The fourth-order valence-corrected chi connectivity index (χ4v) is 2.90. The van der Waals surface area contributed by atoms with E-state index in [9.17, 15) is 9.59 Å². The van der Waals surface area contributed by atoms with E-state index in [4.69, 9.17) is 9.47 Å². The van der Waals surface area contributed by atoms with Gasteiger partial charge in [0.1, 0.15) is 0 Å². The maximum absolute atomic E-state index is 12.6. The molecule has 4 heteroatoms. The molecule has 4 nitrogen and oxygen atoms in total. The van der Waals surface area contributed by atoms with Crippen molar-refractivity contribution in [1.29, 1.82) is 0 Å². The zero-order chi connectivity index (χ0) is 16.3. The Bertz CT molecular complexity index is 306. The van der Waals surface area contributed by atoms with Crippen LogP contribution in [0, 0.1) is 5.41 Å².